The molecule has 0 saturated carbocycles. The van der Waals surface area contributed by atoms with Crippen LogP contribution in [-0.2, 0) is 14.8 Å². The Hall–Kier alpha value is -2.34. The lowest BCUT2D eigenvalue weighted by Crippen LogP contribution is -2.24. The lowest BCUT2D eigenvalue weighted by molar-refractivity contribution is 0.00695. The fraction of sp³-hybridized carbons (Fsp3) is 0.278. The van der Waals surface area contributed by atoms with E-state index in [0.717, 1.165) is 5.56 Å². The first-order valence-corrected chi connectivity index (χ1v) is 8.98. The van der Waals surface area contributed by atoms with E-state index in [1.165, 1.54) is 18.2 Å². The van der Waals surface area contributed by atoms with Crippen molar-refractivity contribution in [3.63, 3.8) is 0 Å². The van der Waals surface area contributed by atoms with Crippen LogP contribution in [0.25, 0.3) is 0 Å². The molecule has 0 aliphatic carbocycles. The maximum atomic E-state index is 12.4. The maximum Gasteiger partial charge on any atom is 0.338 e. The van der Waals surface area contributed by atoms with E-state index in [2.05, 4.69) is 4.72 Å². The summed E-state index contributed by atoms with van der Waals surface area (Å²) in [6, 6.07) is 12.8. The van der Waals surface area contributed by atoms with Crippen LogP contribution < -0.4 is 4.72 Å². The molecule has 0 aliphatic rings. The van der Waals surface area contributed by atoms with Gasteiger partial charge in [-0.25, -0.2) is 13.2 Å². The second-order valence-electron chi connectivity index (χ2n) is 6.50. The topological polar surface area (TPSA) is 72.5 Å². The van der Waals surface area contributed by atoms with Crippen molar-refractivity contribution in [3.05, 3.63) is 59.7 Å². The van der Waals surface area contributed by atoms with Crippen molar-refractivity contribution in [3.8, 4) is 0 Å². The normalized spacial score (nSPS) is 11.8. The van der Waals surface area contributed by atoms with Crippen molar-refractivity contribution >= 4 is 21.7 Å². The van der Waals surface area contributed by atoms with Gasteiger partial charge in [0.15, 0.2) is 0 Å². The van der Waals surface area contributed by atoms with E-state index in [1.54, 1.807) is 51.1 Å². The number of benzene rings is 2. The van der Waals surface area contributed by atoms with Gasteiger partial charge in [-0.3, -0.25) is 4.72 Å². The number of carbonyl (C=O) groups is 1. The Labute approximate surface area is 142 Å². The van der Waals surface area contributed by atoms with Gasteiger partial charge in [0.05, 0.1) is 10.5 Å². The zero-order chi connectivity index (χ0) is 18.0. The van der Waals surface area contributed by atoms with Gasteiger partial charge in [-0.05, 0) is 58.0 Å². The molecular formula is C18H21NO4S. The molecule has 2 rings (SSSR count). The van der Waals surface area contributed by atoms with Crippen LogP contribution in [0.15, 0.2) is 53.4 Å². The summed E-state index contributed by atoms with van der Waals surface area (Å²) in [5.41, 5.74) is 0.947. The van der Waals surface area contributed by atoms with Gasteiger partial charge in [0, 0.05) is 5.69 Å². The summed E-state index contributed by atoms with van der Waals surface area (Å²) in [6.45, 7) is 7.20. The van der Waals surface area contributed by atoms with E-state index < -0.39 is 21.6 Å². The molecular weight excluding hydrogens is 326 g/mol. The molecule has 5 nitrogen and oxygen atoms in total. The number of esters is 1. The Morgan fingerprint density at radius 1 is 1.04 bits per heavy atom. The lowest BCUT2D eigenvalue weighted by atomic mass is 10.1. The van der Waals surface area contributed by atoms with Gasteiger partial charge in [0.2, 0.25) is 0 Å². The summed E-state index contributed by atoms with van der Waals surface area (Å²) >= 11 is 0. The SMILES string of the molecule is Cc1ccc(S(=O)(=O)Nc2cccc(C(=O)OC(C)(C)C)c2)cc1. The lowest BCUT2D eigenvalue weighted by Gasteiger charge is -2.19. The van der Waals surface area contributed by atoms with Crippen LogP contribution >= 0.6 is 0 Å². The highest BCUT2D eigenvalue weighted by Crippen LogP contribution is 2.19. The van der Waals surface area contributed by atoms with Gasteiger partial charge in [0.1, 0.15) is 5.60 Å². The molecule has 6 heteroatoms. The quantitative estimate of drug-likeness (QED) is 0.855. The summed E-state index contributed by atoms with van der Waals surface area (Å²) in [6.07, 6.45) is 0. The molecule has 2 aromatic carbocycles. The van der Waals surface area contributed by atoms with E-state index >= 15 is 0 Å². The first-order chi connectivity index (χ1) is 11.1. The third-order valence-corrected chi connectivity index (χ3v) is 4.48. The molecule has 1 N–H and O–H groups in total. The van der Waals surface area contributed by atoms with Crippen molar-refractivity contribution in [2.45, 2.75) is 38.2 Å². The van der Waals surface area contributed by atoms with Crippen molar-refractivity contribution in [2.75, 3.05) is 4.72 Å². The molecule has 0 amide bonds. The number of hydrogen-bond acceptors (Lipinski definition) is 4. The van der Waals surface area contributed by atoms with Crippen LogP contribution in [0.3, 0.4) is 0 Å². The first kappa shape index (κ1) is 18.0. The van der Waals surface area contributed by atoms with Gasteiger partial charge < -0.3 is 4.74 Å². The first-order valence-electron chi connectivity index (χ1n) is 7.50. The molecule has 0 heterocycles. The number of anilines is 1. The van der Waals surface area contributed by atoms with Crippen LogP contribution in [-0.4, -0.2) is 20.0 Å². The summed E-state index contributed by atoms with van der Waals surface area (Å²) in [7, 11) is -3.71. The van der Waals surface area contributed by atoms with Gasteiger partial charge >= 0.3 is 5.97 Å². The number of carbonyl (C=O) groups excluding carboxylic acids is 1. The molecule has 2 aromatic rings. The molecule has 0 radical (unpaired) electrons. The zero-order valence-corrected chi connectivity index (χ0v) is 15.0. The molecule has 0 spiro atoms. The predicted octanol–water partition coefficient (Wildman–Crippen LogP) is 3.75. The summed E-state index contributed by atoms with van der Waals surface area (Å²) in [5.74, 6) is -0.501. The van der Waals surface area contributed by atoms with Crippen molar-refractivity contribution in [1.82, 2.24) is 0 Å². The van der Waals surface area contributed by atoms with Crippen molar-refractivity contribution in [1.29, 1.82) is 0 Å². The van der Waals surface area contributed by atoms with Gasteiger partial charge in [-0.15, -0.1) is 0 Å². The molecule has 128 valence electrons. The summed E-state index contributed by atoms with van der Waals surface area (Å²) < 4.78 is 32.6. The van der Waals surface area contributed by atoms with Crippen LogP contribution in [0.1, 0.15) is 36.7 Å². The highest BCUT2D eigenvalue weighted by atomic mass is 32.2. The van der Waals surface area contributed by atoms with Crippen LogP contribution in [0, 0.1) is 6.92 Å². The molecule has 0 fully saturated rings. The minimum absolute atomic E-state index is 0.163. The minimum atomic E-state index is -3.71. The Morgan fingerprint density at radius 2 is 1.67 bits per heavy atom. The Balaban J connectivity index is 2.23. The van der Waals surface area contributed by atoms with Crippen LogP contribution in [0.5, 0.6) is 0 Å². The van der Waals surface area contributed by atoms with Crippen molar-refractivity contribution < 1.29 is 17.9 Å². The maximum absolute atomic E-state index is 12.4. The minimum Gasteiger partial charge on any atom is -0.456 e. The van der Waals surface area contributed by atoms with E-state index in [9.17, 15) is 13.2 Å². The Kier molecular flexibility index (Phi) is 4.99. The average Bonchev–Trinajstić information content (AvgIpc) is 2.45. The Morgan fingerprint density at radius 3 is 2.25 bits per heavy atom. The number of aryl methyl sites for hydroxylation is 1. The molecule has 0 saturated heterocycles. The van der Waals surface area contributed by atoms with Crippen molar-refractivity contribution in [2.24, 2.45) is 0 Å². The fourth-order valence-electron chi connectivity index (χ4n) is 1.98. The van der Waals surface area contributed by atoms with E-state index in [1.807, 2.05) is 6.92 Å². The standard InChI is InChI=1S/C18H21NO4S/c1-13-8-10-16(11-9-13)24(21,22)19-15-7-5-6-14(12-15)17(20)23-18(2,3)4/h5-12,19H,1-4H3. The van der Waals surface area contributed by atoms with Gasteiger partial charge in [-0.1, -0.05) is 23.8 Å². The largest absolute Gasteiger partial charge is 0.456 e. The summed E-state index contributed by atoms with van der Waals surface area (Å²) in [4.78, 5) is 12.2. The monoisotopic (exact) mass is 347 g/mol. The molecule has 0 atom stereocenters. The van der Waals surface area contributed by atoms with Gasteiger partial charge in [0.25, 0.3) is 10.0 Å². The Bertz CT molecular complexity index is 834. The van der Waals surface area contributed by atoms with E-state index in [0.29, 0.717) is 5.69 Å². The fourth-order valence-corrected chi connectivity index (χ4v) is 3.03. The van der Waals surface area contributed by atoms with E-state index in [-0.39, 0.29) is 10.5 Å². The second kappa shape index (κ2) is 6.65. The molecule has 0 aromatic heterocycles. The van der Waals surface area contributed by atoms with Crippen LogP contribution in [0.2, 0.25) is 0 Å². The number of nitrogens with one attached hydrogen (secondary N) is 1. The highest BCUT2D eigenvalue weighted by molar-refractivity contribution is 7.92. The third kappa shape index (κ3) is 4.83. The molecule has 0 unspecified atom stereocenters. The number of ether oxygens (including phenoxy) is 1. The predicted molar refractivity (Wildman–Crippen MR) is 93.6 cm³/mol. The number of rotatable bonds is 4. The molecule has 24 heavy (non-hydrogen) atoms. The number of hydrogen-bond donors (Lipinski definition) is 1. The van der Waals surface area contributed by atoms with Crippen LogP contribution in [0.4, 0.5) is 5.69 Å². The van der Waals surface area contributed by atoms with Gasteiger partial charge in [-0.2, -0.15) is 0 Å². The average molecular weight is 347 g/mol. The smallest absolute Gasteiger partial charge is 0.338 e. The van der Waals surface area contributed by atoms with E-state index in [4.69, 9.17) is 4.74 Å². The molecule has 0 aliphatic heterocycles. The third-order valence-electron chi connectivity index (χ3n) is 3.08. The highest BCUT2D eigenvalue weighted by Gasteiger charge is 2.19. The number of sulfonamides is 1. The summed E-state index contributed by atoms with van der Waals surface area (Å²) in [5, 5.41) is 0. The second-order valence-corrected chi connectivity index (χ2v) is 8.18. The molecule has 0 bridgehead atoms. The zero-order valence-electron chi connectivity index (χ0n) is 14.2.